The maximum atomic E-state index is 12.0. The number of aromatic amines is 1. The molecule has 0 aliphatic carbocycles. The van der Waals surface area contributed by atoms with Crippen LogP contribution < -0.4 is 17.0 Å². The monoisotopic (exact) mass is 747 g/mol. The smallest absolute Gasteiger partial charge is 0.376 e. The molecule has 0 atom stereocenters. The van der Waals surface area contributed by atoms with Crippen molar-refractivity contribution >= 4 is 78.5 Å². The fraction of sp³-hybridized carbons (Fsp3) is 0.0682. The number of nitrogens with two attached hydrogens (primary N) is 2. The van der Waals surface area contributed by atoms with Crippen molar-refractivity contribution in [2.75, 3.05) is 12.3 Å². The number of carboxylic acids is 1. The molecule has 3 aromatic heterocycles. The van der Waals surface area contributed by atoms with Crippen molar-refractivity contribution in [2.24, 2.45) is 5.73 Å². The number of rotatable bonds is 4. The van der Waals surface area contributed by atoms with E-state index in [2.05, 4.69) is 70.3 Å². The Hall–Kier alpha value is -7.73. The standard InChI is InChI=1S/C21H17NO3.C20H12N2O2.C2H4O2.CH4N2/c1-2-24-21(23)20-19(22)17-12-14(10-11-18(17)25-20)16-9-5-7-13-6-3-4-8-15(13)16;23-20-19-18(21-11-22-20)16-10-13(8-9-17(16)24-19)15-7-3-5-12-4-1-2-6-14(12)15;1-2(3)4;2-1-3/h3-12H,2,22H2,1H3;1-11H,(H,21,22,23);1H3,(H,3,4);1H,(H3,2,3). The lowest BCUT2D eigenvalue weighted by molar-refractivity contribution is -0.134. The van der Waals surface area contributed by atoms with Crippen LogP contribution in [0.4, 0.5) is 5.69 Å². The molecular formula is C44H37N5O7. The highest BCUT2D eigenvalue weighted by Crippen LogP contribution is 2.36. The number of anilines is 1. The van der Waals surface area contributed by atoms with Gasteiger partial charge in [-0.1, -0.05) is 97.1 Å². The Morgan fingerprint density at radius 1 is 0.786 bits per heavy atom. The van der Waals surface area contributed by atoms with Gasteiger partial charge in [0, 0.05) is 17.7 Å². The number of hydrogen-bond donors (Lipinski definition) is 5. The second-order valence-electron chi connectivity index (χ2n) is 12.2. The molecule has 0 aliphatic rings. The minimum atomic E-state index is -0.833. The van der Waals surface area contributed by atoms with Crippen molar-refractivity contribution in [1.82, 2.24) is 9.97 Å². The molecule has 6 aromatic carbocycles. The van der Waals surface area contributed by atoms with E-state index in [1.807, 2.05) is 66.7 Å². The number of nitrogens with zero attached hydrogens (tertiary/aromatic N) is 1. The van der Waals surface area contributed by atoms with E-state index >= 15 is 0 Å². The molecule has 0 unspecified atom stereocenters. The molecule has 12 heteroatoms. The van der Waals surface area contributed by atoms with Crippen LogP contribution in [-0.2, 0) is 9.53 Å². The van der Waals surface area contributed by atoms with Crippen molar-refractivity contribution in [2.45, 2.75) is 13.8 Å². The number of furan rings is 2. The summed E-state index contributed by atoms with van der Waals surface area (Å²) in [4.78, 5) is 39.7. The van der Waals surface area contributed by atoms with Crippen LogP contribution in [0.25, 0.3) is 76.8 Å². The summed E-state index contributed by atoms with van der Waals surface area (Å²) in [7, 11) is 0. The highest BCUT2D eigenvalue weighted by molar-refractivity contribution is 6.07. The second-order valence-corrected chi connectivity index (χ2v) is 12.2. The summed E-state index contributed by atoms with van der Waals surface area (Å²) in [5.41, 5.74) is 17.0. The van der Waals surface area contributed by atoms with E-state index in [0.29, 0.717) is 27.8 Å². The predicted octanol–water partition coefficient (Wildman–Crippen LogP) is 9.14. The molecule has 9 aromatic rings. The zero-order chi connectivity index (χ0) is 39.8. The summed E-state index contributed by atoms with van der Waals surface area (Å²) in [5, 5.41) is 19.6. The molecule has 280 valence electrons. The molecule has 0 saturated heterocycles. The molecule has 0 fully saturated rings. The Kier molecular flexibility index (Phi) is 11.5. The number of carbonyl (C=O) groups excluding carboxylic acids is 1. The van der Waals surface area contributed by atoms with Gasteiger partial charge in [0.15, 0.2) is 0 Å². The fourth-order valence-corrected chi connectivity index (χ4v) is 6.34. The predicted molar refractivity (Wildman–Crippen MR) is 221 cm³/mol. The summed E-state index contributed by atoms with van der Waals surface area (Å²) < 4.78 is 16.2. The van der Waals surface area contributed by atoms with Crippen LogP contribution in [0.1, 0.15) is 24.4 Å². The number of aliphatic carboxylic acids is 1. The molecule has 0 spiro atoms. The first-order chi connectivity index (χ1) is 27.1. The SMILES string of the molecule is CC(=O)O.CCOC(=O)c1oc2ccc(-c3cccc4ccccc34)cc2c1N.N=CN.O=c1[nH]cnc2c1oc1ccc(-c3cccc4ccccc34)cc12. The number of nitrogen functional groups attached to an aromatic ring is 1. The second kappa shape index (κ2) is 16.9. The zero-order valence-corrected chi connectivity index (χ0v) is 30.4. The number of benzene rings is 6. The zero-order valence-electron chi connectivity index (χ0n) is 30.4. The van der Waals surface area contributed by atoms with Crippen molar-refractivity contribution in [3.8, 4) is 22.3 Å². The Morgan fingerprint density at radius 2 is 1.29 bits per heavy atom. The van der Waals surface area contributed by atoms with Crippen LogP contribution >= 0.6 is 0 Å². The minimum absolute atomic E-state index is 0.0620. The first kappa shape index (κ1) is 38.0. The molecule has 12 nitrogen and oxygen atoms in total. The number of hydrogen-bond acceptors (Lipinski definition) is 9. The number of nitrogens with one attached hydrogen (secondary N) is 2. The van der Waals surface area contributed by atoms with Crippen molar-refractivity contribution < 1.29 is 28.3 Å². The highest BCUT2D eigenvalue weighted by Gasteiger charge is 2.20. The summed E-state index contributed by atoms with van der Waals surface area (Å²) in [5.74, 6) is -1.31. The first-order valence-corrected chi connectivity index (χ1v) is 17.4. The molecular weight excluding hydrogens is 711 g/mol. The number of carboxylic acid groups (broad SMARTS) is 1. The number of ether oxygens (including phenoxy) is 1. The number of aromatic nitrogens is 2. The van der Waals surface area contributed by atoms with Gasteiger partial charge < -0.3 is 35.1 Å². The quantitative estimate of drug-likeness (QED) is 0.0654. The van der Waals surface area contributed by atoms with E-state index in [4.69, 9.17) is 34.6 Å². The lowest BCUT2D eigenvalue weighted by Crippen LogP contribution is -2.05. The van der Waals surface area contributed by atoms with Crippen LogP contribution in [0, 0.1) is 5.41 Å². The fourth-order valence-electron chi connectivity index (χ4n) is 6.34. The molecule has 0 radical (unpaired) electrons. The third-order valence-corrected chi connectivity index (χ3v) is 8.65. The van der Waals surface area contributed by atoms with Gasteiger partial charge in [-0.25, -0.2) is 9.78 Å². The first-order valence-electron chi connectivity index (χ1n) is 17.4. The average molecular weight is 748 g/mol. The minimum Gasteiger partial charge on any atom is -0.481 e. The third kappa shape index (κ3) is 7.94. The van der Waals surface area contributed by atoms with Gasteiger partial charge >= 0.3 is 5.97 Å². The van der Waals surface area contributed by atoms with Crippen LogP contribution in [-0.4, -0.2) is 40.0 Å². The summed E-state index contributed by atoms with van der Waals surface area (Å²) in [6, 6.07) is 40.7. The topological polar surface area (TPSA) is 212 Å². The van der Waals surface area contributed by atoms with Crippen LogP contribution in [0.5, 0.6) is 0 Å². The van der Waals surface area contributed by atoms with Crippen LogP contribution in [0.2, 0.25) is 0 Å². The Labute approximate surface area is 319 Å². The summed E-state index contributed by atoms with van der Waals surface area (Å²) in [6.45, 7) is 3.10. The summed E-state index contributed by atoms with van der Waals surface area (Å²) in [6.07, 6.45) is 2.16. The average Bonchev–Trinajstić information content (AvgIpc) is 3.75. The van der Waals surface area contributed by atoms with E-state index in [1.54, 1.807) is 6.92 Å². The molecule has 0 aliphatic heterocycles. The van der Waals surface area contributed by atoms with Crippen LogP contribution in [0.15, 0.2) is 141 Å². The number of esters is 1. The molecule has 0 amide bonds. The normalized spacial score (nSPS) is 10.5. The van der Waals surface area contributed by atoms with E-state index < -0.39 is 11.9 Å². The third-order valence-electron chi connectivity index (χ3n) is 8.65. The van der Waals surface area contributed by atoms with Gasteiger partial charge in [0.2, 0.25) is 11.3 Å². The van der Waals surface area contributed by atoms with Crippen LogP contribution in [0.3, 0.4) is 0 Å². The molecule has 7 N–H and O–H groups in total. The Balaban J connectivity index is 0.000000163. The maximum absolute atomic E-state index is 12.0. The van der Waals surface area contributed by atoms with Gasteiger partial charge in [0.05, 0.1) is 25.0 Å². The van der Waals surface area contributed by atoms with Gasteiger partial charge in [-0.15, -0.1) is 0 Å². The lowest BCUT2D eigenvalue weighted by Gasteiger charge is -2.07. The number of fused-ring (bicyclic) bond motifs is 6. The molecule has 9 rings (SSSR count). The van der Waals surface area contributed by atoms with Gasteiger partial charge in [-0.3, -0.25) is 15.0 Å². The molecule has 3 heterocycles. The Bertz CT molecular complexity index is 2910. The van der Waals surface area contributed by atoms with Crippen molar-refractivity contribution in [3.63, 3.8) is 0 Å². The Morgan fingerprint density at radius 3 is 1.84 bits per heavy atom. The van der Waals surface area contributed by atoms with Crippen molar-refractivity contribution in [1.29, 1.82) is 5.41 Å². The summed E-state index contributed by atoms with van der Waals surface area (Å²) >= 11 is 0. The van der Waals surface area contributed by atoms with Gasteiger partial charge in [0.25, 0.3) is 11.5 Å². The molecule has 56 heavy (non-hydrogen) atoms. The van der Waals surface area contributed by atoms with Crippen molar-refractivity contribution in [3.05, 3.63) is 144 Å². The van der Waals surface area contributed by atoms with E-state index in [9.17, 15) is 9.59 Å². The number of carbonyl (C=O) groups is 2. The highest BCUT2D eigenvalue weighted by atomic mass is 16.5. The van der Waals surface area contributed by atoms with E-state index in [0.717, 1.165) is 46.3 Å². The maximum Gasteiger partial charge on any atom is 0.376 e. The van der Waals surface area contributed by atoms with E-state index in [-0.39, 0.29) is 23.5 Å². The molecule has 0 saturated carbocycles. The van der Waals surface area contributed by atoms with E-state index in [1.165, 1.54) is 22.5 Å². The van der Waals surface area contributed by atoms with Gasteiger partial charge in [-0.05, 0) is 75.0 Å². The lowest BCUT2D eigenvalue weighted by atomic mass is 9.97. The van der Waals surface area contributed by atoms with Gasteiger partial charge in [0.1, 0.15) is 16.7 Å². The number of H-pyrrole nitrogens is 1. The van der Waals surface area contributed by atoms with Gasteiger partial charge in [-0.2, -0.15) is 0 Å². The largest absolute Gasteiger partial charge is 0.481 e. The molecule has 0 bridgehead atoms.